The van der Waals surface area contributed by atoms with Crippen LogP contribution in [0.4, 0.5) is 0 Å². The summed E-state index contributed by atoms with van der Waals surface area (Å²) in [6.07, 6.45) is 2.19. The minimum Gasteiger partial charge on any atom is -0.481 e. The molecule has 0 aromatic carbocycles. The van der Waals surface area contributed by atoms with Crippen molar-refractivity contribution in [2.45, 2.75) is 39.7 Å². The summed E-state index contributed by atoms with van der Waals surface area (Å²) in [7, 11) is 0. The molecule has 1 aliphatic rings. The Morgan fingerprint density at radius 1 is 1.47 bits per heavy atom. The second-order valence-corrected chi connectivity index (χ2v) is 5.06. The van der Waals surface area contributed by atoms with Crippen molar-refractivity contribution in [2.75, 3.05) is 26.3 Å². The van der Waals surface area contributed by atoms with E-state index >= 15 is 0 Å². The Hall–Kier alpha value is -0.610. The van der Waals surface area contributed by atoms with E-state index in [4.69, 9.17) is 4.74 Å². The summed E-state index contributed by atoms with van der Waals surface area (Å²) in [5.41, 5.74) is 0. The summed E-state index contributed by atoms with van der Waals surface area (Å²) in [5, 5.41) is 9.19. The van der Waals surface area contributed by atoms with Crippen LogP contribution in [0.2, 0.25) is 0 Å². The second kappa shape index (κ2) is 6.97. The van der Waals surface area contributed by atoms with Gasteiger partial charge in [-0.1, -0.05) is 27.2 Å². The van der Waals surface area contributed by atoms with E-state index in [0.717, 1.165) is 25.9 Å². The van der Waals surface area contributed by atoms with Crippen LogP contribution in [0.1, 0.15) is 33.6 Å². The molecule has 4 nitrogen and oxygen atoms in total. The Kier molecular flexibility index (Phi) is 5.92. The maximum absolute atomic E-state index is 11.2. The second-order valence-electron chi connectivity index (χ2n) is 5.06. The van der Waals surface area contributed by atoms with E-state index in [-0.39, 0.29) is 12.0 Å². The molecule has 17 heavy (non-hydrogen) atoms. The van der Waals surface area contributed by atoms with Gasteiger partial charge in [-0.2, -0.15) is 0 Å². The standard InChI is InChI=1S/C13H25NO3/c1-4-6-14(7-10(3)5-2)12-9-17-8-11(12)13(15)16/h10-12H,4-9H2,1-3H3,(H,15,16). The van der Waals surface area contributed by atoms with E-state index in [1.165, 1.54) is 0 Å². The van der Waals surface area contributed by atoms with Crippen molar-refractivity contribution >= 4 is 5.97 Å². The van der Waals surface area contributed by atoms with Crippen molar-refractivity contribution < 1.29 is 14.6 Å². The van der Waals surface area contributed by atoms with Gasteiger partial charge in [0, 0.05) is 12.6 Å². The first-order valence-corrected chi connectivity index (χ1v) is 6.64. The van der Waals surface area contributed by atoms with Crippen molar-refractivity contribution in [1.82, 2.24) is 4.90 Å². The highest BCUT2D eigenvalue weighted by molar-refractivity contribution is 5.71. The van der Waals surface area contributed by atoms with Crippen molar-refractivity contribution in [1.29, 1.82) is 0 Å². The van der Waals surface area contributed by atoms with Gasteiger partial charge in [-0.25, -0.2) is 0 Å². The lowest BCUT2D eigenvalue weighted by Crippen LogP contribution is -2.45. The summed E-state index contributed by atoms with van der Waals surface area (Å²) >= 11 is 0. The number of rotatable bonds is 7. The summed E-state index contributed by atoms with van der Waals surface area (Å²) < 4.78 is 5.35. The van der Waals surface area contributed by atoms with Gasteiger partial charge in [-0.3, -0.25) is 9.69 Å². The van der Waals surface area contributed by atoms with Crippen LogP contribution in [-0.2, 0) is 9.53 Å². The van der Waals surface area contributed by atoms with E-state index in [1.54, 1.807) is 0 Å². The molecule has 1 rings (SSSR count). The van der Waals surface area contributed by atoms with Crippen LogP contribution in [-0.4, -0.2) is 48.3 Å². The molecule has 1 aliphatic heterocycles. The first-order valence-electron chi connectivity index (χ1n) is 6.64. The maximum atomic E-state index is 11.2. The van der Waals surface area contributed by atoms with Crippen LogP contribution >= 0.6 is 0 Å². The predicted molar refractivity (Wildman–Crippen MR) is 67.1 cm³/mol. The lowest BCUT2D eigenvalue weighted by Gasteiger charge is -2.32. The van der Waals surface area contributed by atoms with Crippen molar-refractivity contribution in [3.63, 3.8) is 0 Å². The largest absolute Gasteiger partial charge is 0.481 e. The fraction of sp³-hybridized carbons (Fsp3) is 0.923. The topological polar surface area (TPSA) is 49.8 Å². The molecule has 0 amide bonds. The number of hydrogen-bond donors (Lipinski definition) is 1. The maximum Gasteiger partial charge on any atom is 0.310 e. The van der Waals surface area contributed by atoms with Crippen molar-refractivity contribution in [3.8, 4) is 0 Å². The first kappa shape index (κ1) is 14.5. The number of nitrogens with zero attached hydrogens (tertiary/aromatic N) is 1. The third-order valence-electron chi connectivity index (χ3n) is 3.59. The molecule has 1 fully saturated rings. The van der Waals surface area contributed by atoms with Crippen LogP contribution in [0.15, 0.2) is 0 Å². The lowest BCUT2D eigenvalue weighted by atomic mass is 10.00. The molecule has 0 spiro atoms. The van der Waals surface area contributed by atoms with Gasteiger partial charge in [0.15, 0.2) is 0 Å². The number of carbonyl (C=O) groups is 1. The molecule has 3 unspecified atom stereocenters. The molecule has 0 radical (unpaired) electrons. The number of ether oxygens (including phenoxy) is 1. The van der Waals surface area contributed by atoms with Crippen molar-refractivity contribution in [3.05, 3.63) is 0 Å². The number of hydrogen-bond acceptors (Lipinski definition) is 3. The minimum atomic E-state index is -0.724. The van der Waals surface area contributed by atoms with E-state index in [0.29, 0.717) is 19.1 Å². The summed E-state index contributed by atoms with van der Waals surface area (Å²) in [6, 6.07) is 0.0569. The Balaban J connectivity index is 2.64. The highest BCUT2D eigenvalue weighted by Crippen LogP contribution is 2.22. The highest BCUT2D eigenvalue weighted by Gasteiger charge is 2.37. The van der Waals surface area contributed by atoms with Crippen LogP contribution in [0.5, 0.6) is 0 Å². The minimum absolute atomic E-state index is 0.0569. The predicted octanol–water partition coefficient (Wildman–Crippen LogP) is 1.84. The van der Waals surface area contributed by atoms with Crippen LogP contribution < -0.4 is 0 Å². The third-order valence-corrected chi connectivity index (χ3v) is 3.59. The number of aliphatic carboxylic acids is 1. The van der Waals surface area contributed by atoms with E-state index in [2.05, 4.69) is 25.7 Å². The zero-order valence-electron chi connectivity index (χ0n) is 11.2. The monoisotopic (exact) mass is 243 g/mol. The molecule has 1 N–H and O–H groups in total. The van der Waals surface area contributed by atoms with E-state index in [9.17, 15) is 9.90 Å². The zero-order valence-corrected chi connectivity index (χ0v) is 11.2. The Morgan fingerprint density at radius 2 is 2.18 bits per heavy atom. The van der Waals surface area contributed by atoms with Gasteiger partial charge in [-0.15, -0.1) is 0 Å². The molecule has 0 aromatic heterocycles. The normalized spacial score (nSPS) is 26.4. The van der Waals surface area contributed by atoms with Gasteiger partial charge in [-0.05, 0) is 18.9 Å². The van der Waals surface area contributed by atoms with Gasteiger partial charge >= 0.3 is 5.97 Å². The van der Waals surface area contributed by atoms with Crippen LogP contribution in [0.3, 0.4) is 0 Å². The molecule has 0 aliphatic carbocycles. The number of carboxylic acid groups (broad SMARTS) is 1. The molecular weight excluding hydrogens is 218 g/mol. The SMILES string of the molecule is CCCN(CC(C)CC)C1COCC1C(=O)O. The summed E-state index contributed by atoms with van der Waals surface area (Å²) in [4.78, 5) is 13.5. The summed E-state index contributed by atoms with van der Waals surface area (Å²) in [5.74, 6) is -0.472. The molecule has 1 heterocycles. The van der Waals surface area contributed by atoms with Gasteiger partial charge in [0.2, 0.25) is 0 Å². The molecule has 3 atom stereocenters. The molecule has 1 saturated heterocycles. The Bertz CT molecular complexity index is 245. The third kappa shape index (κ3) is 3.96. The van der Waals surface area contributed by atoms with Crippen molar-refractivity contribution in [2.24, 2.45) is 11.8 Å². The molecule has 100 valence electrons. The Labute approximate surface area is 104 Å². The van der Waals surface area contributed by atoms with Gasteiger partial charge < -0.3 is 9.84 Å². The number of carboxylic acids is 1. The van der Waals surface area contributed by atoms with E-state index in [1.807, 2.05) is 0 Å². The van der Waals surface area contributed by atoms with E-state index < -0.39 is 5.97 Å². The molecule has 0 bridgehead atoms. The zero-order chi connectivity index (χ0) is 12.8. The smallest absolute Gasteiger partial charge is 0.310 e. The molecule has 0 saturated carbocycles. The quantitative estimate of drug-likeness (QED) is 0.741. The molecule has 0 aromatic rings. The van der Waals surface area contributed by atoms with Gasteiger partial charge in [0.05, 0.1) is 19.1 Å². The van der Waals surface area contributed by atoms with Gasteiger partial charge in [0.25, 0.3) is 0 Å². The fourth-order valence-corrected chi connectivity index (χ4v) is 2.35. The summed E-state index contributed by atoms with van der Waals surface area (Å²) in [6.45, 7) is 9.39. The van der Waals surface area contributed by atoms with Crippen LogP contribution in [0, 0.1) is 11.8 Å². The average Bonchev–Trinajstić information content (AvgIpc) is 2.77. The van der Waals surface area contributed by atoms with Crippen LogP contribution in [0.25, 0.3) is 0 Å². The molecule has 4 heteroatoms. The van der Waals surface area contributed by atoms with Gasteiger partial charge in [0.1, 0.15) is 0 Å². The fourth-order valence-electron chi connectivity index (χ4n) is 2.35. The first-order chi connectivity index (χ1) is 8.10. The Morgan fingerprint density at radius 3 is 2.71 bits per heavy atom. The highest BCUT2D eigenvalue weighted by atomic mass is 16.5. The lowest BCUT2D eigenvalue weighted by molar-refractivity contribution is -0.143. The average molecular weight is 243 g/mol. The molecular formula is C13H25NO3.